The highest BCUT2D eigenvalue weighted by atomic mass is 19.1. The normalized spacial score (nSPS) is 10.8. The number of rotatable bonds is 9. The lowest BCUT2D eigenvalue weighted by Gasteiger charge is -2.11. The summed E-state index contributed by atoms with van der Waals surface area (Å²) in [6.45, 7) is 1.66. The molecule has 0 bridgehead atoms. The number of nitrogens with zero attached hydrogens (tertiary/aromatic N) is 3. The zero-order chi connectivity index (χ0) is 25.8. The van der Waals surface area contributed by atoms with Crippen LogP contribution in [0.2, 0.25) is 0 Å². The van der Waals surface area contributed by atoms with E-state index in [9.17, 15) is 14.0 Å². The molecule has 0 aliphatic heterocycles. The molecule has 0 amide bonds. The number of hydrogen-bond acceptors (Lipinski definition) is 6. The van der Waals surface area contributed by atoms with Gasteiger partial charge in [0.15, 0.2) is 11.6 Å². The van der Waals surface area contributed by atoms with E-state index in [0.29, 0.717) is 33.9 Å². The molecule has 0 radical (unpaired) electrons. The second-order valence-corrected chi connectivity index (χ2v) is 8.38. The van der Waals surface area contributed by atoms with Crippen molar-refractivity contribution < 1.29 is 23.5 Å². The maximum absolute atomic E-state index is 13.7. The predicted octanol–water partition coefficient (Wildman–Crippen LogP) is 5.46. The van der Waals surface area contributed by atoms with Gasteiger partial charge in [-0.3, -0.25) is 14.3 Å². The van der Waals surface area contributed by atoms with Gasteiger partial charge in [0.1, 0.15) is 28.7 Å². The first kappa shape index (κ1) is 24.8. The number of benzene rings is 2. The smallest absolute Gasteiger partial charge is 0.181 e. The van der Waals surface area contributed by atoms with Crippen molar-refractivity contribution in [2.75, 3.05) is 14.2 Å². The fraction of sp³-hybridized carbons (Fsp3) is 0.214. The van der Waals surface area contributed by atoms with Crippen LogP contribution in [0.25, 0.3) is 22.4 Å². The van der Waals surface area contributed by atoms with E-state index >= 15 is 0 Å². The largest absolute Gasteiger partial charge is 0.496 e. The van der Waals surface area contributed by atoms with E-state index in [0.717, 1.165) is 11.1 Å². The van der Waals surface area contributed by atoms with Crippen molar-refractivity contribution in [3.63, 3.8) is 0 Å². The minimum Gasteiger partial charge on any atom is -0.496 e. The molecular formula is C28H26FN3O4. The summed E-state index contributed by atoms with van der Waals surface area (Å²) < 4.78 is 26.3. The number of methoxy groups -OCH3 is 2. The van der Waals surface area contributed by atoms with Crippen molar-refractivity contribution in [2.45, 2.75) is 19.8 Å². The van der Waals surface area contributed by atoms with Gasteiger partial charge in [-0.25, -0.2) is 9.37 Å². The summed E-state index contributed by atoms with van der Waals surface area (Å²) in [5.74, 6) is 0.242. The Bertz CT molecular complexity index is 1440. The van der Waals surface area contributed by atoms with Gasteiger partial charge in [0.05, 0.1) is 20.4 Å². The highest BCUT2D eigenvalue weighted by molar-refractivity contribution is 6.02. The zero-order valence-corrected chi connectivity index (χ0v) is 20.5. The van der Waals surface area contributed by atoms with Crippen LogP contribution >= 0.6 is 0 Å². The first-order chi connectivity index (χ1) is 17.3. The van der Waals surface area contributed by atoms with Crippen LogP contribution in [0.1, 0.15) is 39.3 Å². The second-order valence-electron chi connectivity index (χ2n) is 8.38. The number of Topliss-reactive ketones (excluding diaryl/α,β-unsaturated/α-hetero) is 2. The Hall–Kier alpha value is -4.33. The molecule has 2 heterocycles. The average molecular weight is 488 g/mol. The van der Waals surface area contributed by atoms with Gasteiger partial charge >= 0.3 is 0 Å². The molecule has 36 heavy (non-hydrogen) atoms. The molecule has 0 unspecified atom stereocenters. The average Bonchev–Trinajstić information content (AvgIpc) is 3.33. The van der Waals surface area contributed by atoms with Gasteiger partial charge < -0.3 is 9.47 Å². The molecule has 0 aliphatic carbocycles. The van der Waals surface area contributed by atoms with Gasteiger partial charge in [0.2, 0.25) is 0 Å². The Labute approximate surface area is 208 Å². The number of aryl methyl sites for hydroxylation is 2. The fourth-order valence-electron chi connectivity index (χ4n) is 3.93. The summed E-state index contributed by atoms with van der Waals surface area (Å²) in [4.78, 5) is 30.2. The van der Waals surface area contributed by atoms with E-state index < -0.39 is 0 Å². The van der Waals surface area contributed by atoms with Crippen LogP contribution < -0.4 is 9.47 Å². The molecule has 0 fully saturated rings. The van der Waals surface area contributed by atoms with Crippen LogP contribution in [0.15, 0.2) is 60.9 Å². The molecule has 0 aliphatic rings. The number of carbonyl (C=O) groups excluding carboxylic acids is 2. The molecule has 8 heteroatoms. The Morgan fingerprint density at radius 1 is 0.917 bits per heavy atom. The summed E-state index contributed by atoms with van der Waals surface area (Å²) in [7, 11) is 4.87. The molecule has 0 spiro atoms. The van der Waals surface area contributed by atoms with E-state index in [1.54, 1.807) is 61.3 Å². The van der Waals surface area contributed by atoms with Crippen molar-refractivity contribution >= 4 is 11.6 Å². The molecule has 0 saturated heterocycles. The highest BCUT2D eigenvalue weighted by Crippen LogP contribution is 2.32. The molecule has 2 aromatic carbocycles. The molecule has 0 N–H and O–H groups in total. The third kappa shape index (κ3) is 5.17. The Kier molecular flexibility index (Phi) is 7.24. The van der Waals surface area contributed by atoms with Crippen molar-refractivity contribution in [1.29, 1.82) is 0 Å². The summed E-state index contributed by atoms with van der Waals surface area (Å²) in [5, 5.41) is 4.17. The number of carbonyl (C=O) groups is 2. The molecule has 0 atom stereocenters. The van der Waals surface area contributed by atoms with Gasteiger partial charge in [-0.2, -0.15) is 5.10 Å². The molecule has 0 saturated carbocycles. The molecule has 4 rings (SSSR count). The summed E-state index contributed by atoms with van der Waals surface area (Å²) in [6.07, 6.45) is 3.60. The predicted molar refractivity (Wildman–Crippen MR) is 134 cm³/mol. The minimum atomic E-state index is -0.325. The van der Waals surface area contributed by atoms with Gasteiger partial charge in [0.25, 0.3) is 0 Å². The van der Waals surface area contributed by atoms with Crippen LogP contribution in [0.4, 0.5) is 4.39 Å². The number of pyridine rings is 1. The van der Waals surface area contributed by atoms with Crippen molar-refractivity contribution in [1.82, 2.24) is 14.8 Å². The third-order valence-electron chi connectivity index (χ3n) is 5.91. The quantitative estimate of drug-likeness (QED) is 0.292. The Balaban J connectivity index is 1.50. The zero-order valence-electron chi connectivity index (χ0n) is 20.5. The first-order valence-electron chi connectivity index (χ1n) is 11.4. The van der Waals surface area contributed by atoms with E-state index in [-0.39, 0.29) is 35.9 Å². The minimum absolute atomic E-state index is 0.00722. The SMILES string of the molecule is COc1cc(C(=O)CCC(=O)c2ccc(OC)c(-c3ccc(F)c(C)c3)n2)ccc1-c1cnn(C)c1. The number of hydrogen-bond donors (Lipinski definition) is 0. The monoisotopic (exact) mass is 487 g/mol. The molecule has 184 valence electrons. The summed E-state index contributed by atoms with van der Waals surface area (Å²) >= 11 is 0. The van der Waals surface area contributed by atoms with Gasteiger partial charge in [0, 0.05) is 48.3 Å². The third-order valence-corrected chi connectivity index (χ3v) is 5.91. The highest BCUT2D eigenvalue weighted by Gasteiger charge is 2.18. The van der Waals surface area contributed by atoms with Crippen LogP contribution in [0, 0.1) is 12.7 Å². The first-order valence-corrected chi connectivity index (χ1v) is 11.4. The van der Waals surface area contributed by atoms with Crippen molar-refractivity contribution in [2.24, 2.45) is 7.05 Å². The second kappa shape index (κ2) is 10.5. The van der Waals surface area contributed by atoms with Crippen LogP contribution in [0.3, 0.4) is 0 Å². The molecular weight excluding hydrogens is 461 g/mol. The van der Waals surface area contributed by atoms with E-state index in [2.05, 4.69) is 10.1 Å². The molecule has 7 nitrogen and oxygen atoms in total. The fourth-order valence-corrected chi connectivity index (χ4v) is 3.93. The lowest BCUT2D eigenvalue weighted by molar-refractivity contribution is 0.0915. The standard InChI is InChI=1S/C28H26FN3O4/c1-17-13-19(6-8-22(17)29)28-26(35-3)12-9-23(31-28)25(34)11-10-24(33)18-5-7-21(27(14-18)36-4)20-15-30-32(2)16-20/h5-9,12-16H,10-11H2,1-4H3. The number of ketones is 2. The van der Waals surface area contributed by atoms with Gasteiger partial charge in [-0.1, -0.05) is 6.07 Å². The van der Waals surface area contributed by atoms with Crippen LogP contribution in [-0.2, 0) is 7.05 Å². The number of ether oxygens (including phenoxy) is 2. The van der Waals surface area contributed by atoms with Crippen LogP contribution in [-0.4, -0.2) is 40.6 Å². The summed E-state index contributed by atoms with van der Waals surface area (Å²) in [6, 6.07) is 13.0. The maximum atomic E-state index is 13.7. The number of aromatic nitrogens is 3. The van der Waals surface area contributed by atoms with Gasteiger partial charge in [-0.05, 0) is 55.0 Å². The van der Waals surface area contributed by atoms with Crippen molar-refractivity contribution in [3.8, 4) is 33.9 Å². The Morgan fingerprint density at radius 3 is 2.33 bits per heavy atom. The van der Waals surface area contributed by atoms with E-state index in [1.807, 2.05) is 19.3 Å². The summed E-state index contributed by atoms with van der Waals surface area (Å²) in [5.41, 5.74) is 3.91. The van der Waals surface area contributed by atoms with Gasteiger partial charge in [-0.15, -0.1) is 0 Å². The Morgan fingerprint density at radius 2 is 1.67 bits per heavy atom. The lowest BCUT2D eigenvalue weighted by atomic mass is 10.00. The van der Waals surface area contributed by atoms with Crippen molar-refractivity contribution in [3.05, 3.63) is 83.6 Å². The van der Waals surface area contributed by atoms with E-state index in [1.165, 1.54) is 13.2 Å². The number of halogens is 1. The lowest BCUT2D eigenvalue weighted by Crippen LogP contribution is -2.08. The molecule has 4 aromatic rings. The molecule has 2 aromatic heterocycles. The topological polar surface area (TPSA) is 83.3 Å². The van der Waals surface area contributed by atoms with Crippen LogP contribution in [0.5, 0.6) is 11.5 Å². The van der Waals surface area contributed by atoms with E-state index in [4.69, 9.17) is 9.47 Å². The maximum Gasteiger partial charge on any atom is 0.181 e.